The second-order valence-electron chi connectivity index (χ2n) is 4.69. The summed E-state index contributed by atoms with van der Waals surface area (Å²) < 4.78 is 0. The first kappa shape index (κ1) is 13.3. The molecule has 0 aliphatic carbocycles. The molecule has 3 N–H and O–H groups in total. The number of carbonyl (C=O) groups excluding carboxylic acids is 1. The van der Waals surface area contributed by atoms with Crippen LogP contribution >= 0.6 is 0 Å². The lowest BCUT2D eigenvalue weighted by molar-refractivity contribution is 0.102. The molecule has 0 radical (unpaired) electrons. The summed E-state index contributed by atoms with van der Waals surface area (Å²) in [5.41, 5.74) is 10.2. The van der Waals surface area contributed by atoms with Gasteiger partial charge in [-0.2, -0.15) is 0 Å². The maximum Gasteiger partial charge on any atom is 0.255 e. The van der Waals surface area contributed by atoms with E-state index in [0.717, 1.165) is 22.4 Å². The Morgan fingerprint density at radius 3 is 2.37 bits per heavy atom. The molecule has 98 valence electrons. The minimum absolute atomic E-state index is 0.104. The second kappa shape index (κ2) is 5.67. The summed E-state index contributed by atoms with van der Waals surface area (Å²) >= 11 is 0. The predicted molar refractivity (Wildman–Crippen MR) is 78.2 cm³/mol. The highest BCUT2D eigenvalue weighted by Gasteiger charge is 2.09. The standard InChI is InChI=1S/C16H18N2O/c1-11-7-12(2)9-14(8-11)16(19)18-15-6-4-3-5-13(15)10-17/h3-9H,10,17H2,1-2H3,(H,18,19). The number of hydrogen-bond acceptors (Lipinski definition) is 2. The Morgan fingerprint density at radius 2 is 1.74 bits per heavy atom. The molecule has 2 aromatic rings. The highest BCUT2D eigenvalue weighted by atomic mass is 16.1. The Labute approximate surface area is 113 Å². The number of anilines is 1. The normalized spacial score (nSPS) is 10.3. The van der Waals surface area contributed by atoms with Crippen LogP contribution in [0, 0.1) is 13.8 Å². The average Bonchev–Trinajstić information content (AvgIpc) is 2.38. The SMILES string of the molecule is Cc1cc(C)cc(C(=O)Nc2ccccc2CN)c1. The van der Waals surface area contributed by atoms with Crippen LogP contribution in [0.3, 0.4) is 0 Å². The van der Waals surface area contributed by atoms with Gasteiger partial charge in [-0.05, 0) is 37.6 Å². The third-order valence-corrected chi connectivity index (χ3v) is 2.97. The van der Waals surface area contributed by atoms with Gasteiger partial charge in [-0.25, -0.2) is 0 Å². The molecule has 0 heterocycles. The summed E-state index contributed by atoms with van der Waals surface area (Å²) in [4.78, 5) is 12.2. The van der Waals surface area contributed by atoms with Crippen molar-refractivity contribution in [3.63, 3.8) is 0 Å². The molecule has 19 heavy (non-hydrogen) atoms. The van der Waals surface area contributed by atoms with Gasteiger partial charge in [0.15, 0.2) is 0 Å². The molecule has 3 nitrogen and oxygen atoms in total. The van der Waals surface area contributed by atoms with Crippen LogP contribution in [0.15, 0.2) is 42.5 Å². The van der Waals surface area contributed by atoms with Gasteiger partial charge < -0.3 is 11.1 Å². The average molecular weight is 254 g/mol. The van der Waals surface area contributed by atoms with E-state index in [2.05, 4.69) is 5.32 Å². The third-order valence-electron chi connectivity index (χ3n) is 2.97. The first-order valence-corrected chi connectivity index (χ1v) is 6.28. The summed E-state index contributed by atoms with van der Waals surface area (Å²) in [6.45, 7) is 4.37. The number of aryl methyl sites for hydroxylation is 2. The molecule has 0 saturated heterocycles. The first-order valence-electron chi connectivity index (χ1n) is 6.28. The molecule has 0 fully saturated rings. The number of hydrogen-bond donors (Lipinski definition) is 2. The van der Waals surface area contributed by atoms with Gasteiger partial charge in [-0.3, -0.25) is 4.79 Å². The van der Waals surface area contributed by atoms with Gasteiger partial charge in [0.2, 0.25) is 0 Å². The van der Waals surface area contributed by atoms with Crippen molar-refractivity contribution in [3.8, 4) is 0 Å². The van der Waals surface area contributed by atoms with Crippen LogP contribution < -0.4 is 11.1 Å². The van der Waals surface area contributed by atoms with Crippen molar-refractivity contribution in [2.45, 2.75) is 20.4 Å². The van der Waals surface area contributed by atoms with Crippen LogP contribution in [0.25, 0.3) is 0 Å². The van der Waals surface area contributed by atoms with Crippen LogP contribution in [0.5, 0.6) is 0 Å². The summed E-state index contributed by atoms with van der Waals surface area (Å²) in [6.07, 6.45) is 0. The minimum Gasteiger partial charge on any atom is -0.326 e. The van der Waals surface area contributed by atoms with Crippen LogP contribution in [0.2, 0.25) is 0 Å². The molecule has 0 aliphatic heterocycles. The van der Waals surface area contributed by atoms with Crippen molar-refractivity contribution in [1.82, 2.24) is 0 Å². The van der Waals surface area contributed by atoms with E-state index in [9.17, 15) is 4.79 Å². The molecule has 2 rings (SSSR count). The maximum atomic E-state index is 12.2. The fourth-order valence-corrected chi connectivity index (χ4v) is 2.12. The van der Waals surface area contributed by atoms with E-state index in [1.54, 1.807) is 0 Å². The van der Waals surface area contributed by atoms with Crippen molar-refractivity contribution in [2.24, 2.45) is 5.73 Å². The minimum atomic E-state index is -0.104. The van der Waals surface area contributed by atoms with Gasteiger partial charge in [0, 0.05) is 17.8 Å². The Kier molecular flexibility index (Phi) is 3.97. The highest BCUT2D eigenvalue weighted by Crippen LogP contribution is 2.16. The molecule has 3 heteroatoms. The maximum absolute atomic E-state index is 12.2. The Bertz CT molecular complexity index is 585. The topological polar surface area (TPSA) is 55.1 Å². The number of amides is 1. The van der Waals surface area contributed by atoms with Crippen molar-refractivity contribution >= 4 is 11.6 Å². The largest absolute Gasteiger partial charge is 0.326 e. The van der Waals surface area contributed by atoms with Gasteiger partial charge >= 0.3 is 0 Å². The Hall–Kier alpha value is -2.13. The van der Waals surface area contributed by atoms with E-state index in [1.165, 1.54) is 0 Å². The molecule has 0 saturated carbocycles. The number of benzene rings is 2. The molecule has 0 bridgehead atoms. The van der Waals surface area contributed by atoms with Gasteiger partial charge in [-0.1, -0.05) is 35.4 Å². The fraction of sp³-hybridized carbons (Fsp3) is 0.188. The van der Waals surface area contributed by atoms with E-state index >= 15 is 0 Å². The lowest BCUT2D eigenvalue weighted by atomic mass is 10.1. The summed E-state index contributed by atoms with van der Waals surface area (Å²) in [5.74, 6) is -0.104. The van der Waals surface area contributed by atoms with Gasteiger partial charge in [-0.15, -0.1) is 0 Å². The van der Waals surface area contributed by atoms with Gasteiger partial charge in [0.25, 0.3) is 5.91 Å². The Morgan fingerprint density at radius 1 is 1.11 bits per heavy atom. The molecule has 0 unspecified atom stereocenters. The summed E-state index contributed by atoms with van der Waals surface area (Å²) in [7, 11) is 0. The second-order valence-corrected chi connectivity index (χ2v) is 4.69. The molecular formula is C16H18N2O. The first-order chi connectivity index (χ1) is 9.10. The quantitative estimate of drug-likeness (QED) is 0.884. The summed E-state index contributed by atoms with van der Waals surface area (Å²) in [6, 6.07) is 13.4. The van der Waals surface area contributed by atoms with Crippen molar-refractivity contribution in [3.05, 3.63) is 64.7 Å². The van der Waals surface area contributed by atoms with E-state index in [0.29, 0.717) is 12.1 Å². The molecular weight excluding hydrogens is 236 g/mol. The zero-order chi connectivity index (χ0) is 13.8. The number of rotatable bonds is 3. The zero-order valence-corrected chi connectivity index (χ0v) is 11.2. The third kappa shape index (κ3) is 3.20. The van der Waals surface area contributed by atoms with Crippen LogP contribution in [-0.2, 0) is 6.54 Å². The number of carbonyl (C=O) groups is 1. The molecule has 2 aromatic carbocycles. The van der Waals surface area contributed by atoms with Crippen molar-refractivity contribution in [1.29, 1.82) is 0 Å². The predicted octanol–water partition coefficient (Wildman–Crippen LogP) is 3.01. The molecule has 0 spiro atoms. The smallest absolute Gasteiger partial charge is 0.255 e. The number of nitrogens with one attached hydrogen (secondary N) is 1. The lowest BCUT2D eigenvalue weighted by Gasteiger charge is -2.10. The summed E-state index contributed by atoms with van der Waals surface area (Å²) in [5, 5.41) is 2.91. The van der Waals surface area contributed by atoms with E-state index in [1.807, 2.05) is 56.3 Å². The molecule has 1 amide bonds. The fourth-order valence-electron chi connectivity index (χ4n) is 2.12. The van der Waals surface area contributed by atoms with Crippen LogP contribution in [0.4, 0.5) is 5.69 Å². The van der Waals surface area contributed by atoms with Crippen molar-refractivity contribution < 1.29 is 4.79 Å². The molecule has 0 aliphatic rings. The van der Waals surface area contributed by atoms with Crippen LogP contribution in [0.1, 0.15) is 27.0 Å². The number of nitrogens with two attached hydrogens (primary N) is 1. The van der Waals surface area contributed by atoms with Crippen molar-refractivity contribution in [2.75, 3.05) is 5.32 Å². The van der Waals surface area contributed by atoms with E-state index in [4.69, 9.17) is 5.73 Å². The van der Waals surface area contributed by atoms with E-state index in [-0.39, 0.29) is 5.91 Å². The monoisotopic (exact) mass is 254 g/mol. The molecule has 0 aromatic heterocycles. The van der Waals surface area contributed by atoms with E-state index < -0.39 is 0 Å². The highest BCUT2D eigenvalue weighted by molar-refractivity contribution is 6.04. The van der Waals surface area contributed by atoms with Gasteiger partial charge in [0.05, 0.1) is 0 Å². The van der Waals surface area contributed by atoms with Crippen LogP contribution in [-0.4, -0.2) is 5.91 Å². The Balaban J connectivity index is 2.25. The number of para-hydroxylation sites is 1. The van der Waals surface area contributed by atoms with Gasteiger partial charge in [0.1, 0.15) is 0 Å². The molecule has 0 atom stereocenters. The zero-order valence-electron chi connectivity index (χ0n) is 11.2. The lowest BCUT2D eigenvalue weighted by Crippen LogP contribution is -2.14.